The van der Waals surface area contributed by atoms with Gasteiger partial charge in [0.1, 0.15) is 17.8 Å². The van der Waals surface area contributed by atoms with Gasteiger partial charge in [-0.2, -0.15) is 0 Å². The molecule has 5 nitrogen and oxygen atoms in total. The molecule has 1 aromatic heterocycles. The van der Waals surface area contributed by atoms with Gasteiger partial charge in [-0.25, -0.2) is 4.79 Å². The Hall–Kier alpha value is -0.380. The van der Waals surface area contributed by atoms with Crippen molar-refractivity contribution in [2.24, 2.45) is 0 Å². The van der Waals surface area contributed by atoms with Crippen LogP contribution in [-0.2, 0) is 9.47 Å². The Balaban J connectivity index is 1.98. The molecule has 0 aromatic carbocycles. The molecule has 2 rings (SSSR count). The quantitative estimate of drug-likeness (QED) is 0.741. The minimum absolute atomic E-state index is 0.338. The first-order chi connectivity index (χ1) is 9.76. The second-order valence-electron chi connectivity index (χ2n) is 5.92. The molecule has 118 valence electrons. The van der Waals surface area contributed by atoms with Gasteiger partial charge in [-0.3, -0.25) is 0 Å². The van der Waals surface area contributed by atoms with Gasteiger partial charge in [0.2, 0.25) is 0 Å². The molecule has 0 radical (unpaired) electrons. The number of aliphatic hydroxyl groups is 1. The van der Waals surface area contributed by atoms with Crippen LogP contribution in [0.3, 0.4) is 0 Å². The number of thiophene rings is 1. The van der Waals surface area contributed by atoms with Crippen molar-refractivity contribution in [3.63, 3.8) is 0 Å². The smallest absolute Gasteiger partial charge is 0.410 e. The first kappa shape index (κ1) is 17.0. The molecule has 2 atom stereocenters. The molecule has 1 aliphatic heterocycles. The highest BCUT2D eigenvalue weighted by molar-refractivity contribution is 14.1. The van der Waals surface area contributed by atoms with E-state index in [0.29, 0.717) is 19.7 Å². The van der Waals surface area contributed by atoms with Crippen molar-refractivity contribution < 1.29 is 19.4 Å². The Labute approximate surface area is 142 Å². The number of aliphatic hydroxyl groups excluding tert-OH is 1. The Morgan fingerprint density at radius 2 is 2.29 bits per heavy atom. The number of carbonyl (C=O) groups is 1. The maximum absolute atomic E-state index is 12.1. The fourth-order valence-electron chi connectivity index (χ4n) is 2.03. The largest absolute Gasteiger partial charge is 0.444 e. The number of carbonyl (C=O) groups excluding carboxylic acids is 1. The van der Waals surface area contributed by atoms with E-state index in [9.17, 15) is 9.90 Å². The SMILES string of the molecule is CC(C)(C)OC(=O)N1CCOC(C(O)c2ccc(I)s2)C1. The van der Waals surface area contributed by atoms with Gasteiger partial charge < -0.3 is 19.5 Å². The third kappa shape index (κ3) is 4.80. The maximum atomic E-state index is 12.1. The zero-order valence-electron chi connectivity index (χ0n) is 12.3. The molecular formula is C14H20INO4S. The lowest BCUT2D eigenvalue weighted by Crippen LogP contribution is -2.49. The molecule has 0 bridgehead atoms. The Bertz CT molecular complexity index is 499. The number of hydrogen-bond acceptors (Lipinski definition) is 5. The Morgan fingerprint density at radius 1 is 1.57 bits per heavy atom. The van der Waals surface area contributed by atoms with Crippen molar-refractivity contribution in [2.75, 3.05) is 19.7 Å². The van der Waals surface area contributed by atoms with Crippen molar-refractivity contribution in [2.45, 2.75) is 38.6 Å². The van der Waals surface area contributed by atoms with Crippen LogP contribution in [0.2, 0.25) is 0 Å². The molecular weight excluding hydrogens is 405 g/mol. The van der Waals surface area contributed by atoms with E-state index in [2.05, 4.69) is 22.6 Å². The average molecular weight is 425 g/mol. The van der Waals surface area contributed by atoms with Crippen molar-refractivity contribution >= 4 is 40.0 Å². The van der Waals surface area contributed by atoms with Crippen molar-refractivity contribution in [1.82, 2.24) is 4.90 Å². The van der Waals surface area contributed by atoms with Gasteiger partial charge in [0.15, 0.2) is 0 Å². The van der Waals surface area contributed by atoms with E-state index in [1.165, 1.54) is 11.3 Å². The zero-order chi connectivity index (χ0) is 15.6. The molecule has 2 heterocycles. The molecule has 0 saturated carbocycles. The summed E-state index contributed by atoms with van der Waals surface area (Å²) in [6.45, 7) is 6.75. The lowest BCUT2D eigenvalue weighted by Gasteiger charge is -2.35. The van der Waals surface area contributed by atoms with Gasteiger partial charge in [0.25, 0.3) is 0 Å². The van der Waals surface area contributed by atoms with Crippen LogP contribution < -0.4 is 0 Å². The summed E-state index contributed by atoms with van der Waals surface area (Å²) in [6, 6.07) is 3.85. The third-order valence-electron chi connectivity index (χ3n) is 2.98. The van der Waals surface area contributed by atoms with Crippen LogP contribution in [0.5, 0.6) is 0 Å². The van der Waals surface area contributed by atoms with E-state index < -0.39 is 17.8 Å². The normalized spacial score (nSPS) is 21.2. The van der Waals surface area contributed by atoms with Crippen LogP contribution in [0.4, 0.5) is 4.79 Å². The molecule has 0 aliphatic carbocycles. The summed E-state index contributed by atoms with van der Waals surface area (Å²) in [6.07, 6.45) is -1.49. The van der Waals surface area contributed by atoms with Crippen LogP contribution in [0.25, 0.3) is 0 Å². The van der Waals surface area contributed by atoms with Crippen molar-refractivity contribution in [3.05, 3.63) is 19.9 Å². The highest BCUT2D eigenvalue weighted by Gasteiger charge is 2.32. The fourth-order valence-corrected chi connectivity index (χ4v) is 3.74. The van der Waals surface area contributed by atoms with E-state index >= 15 is 0 Å². The van der Waals surface area contributed by atoms with Gasteiger partial charge in [-0.15, -0.1) is 11.3 Å². The second kappa shape index (κ2) is 6.80. The minimum Gasteiger partial charge on any atom is -0.444 e. The number of rotatable bonds is 2. The van der Waals surface area contributed by atoms with Crippen molar-refractivity contribution in [1.29, 1.82) is 0 Å². The first-order valence-corrected chi connectivity index (χ1v) is 8.68. The lowest BCUT2D eigenvalue weighted by atomic mass is 10.1. The minimum atomic E-state index is -0.719. The lowest BCUT2D eigenvalue weighted by molar-refractivity contribution is -0.0898. The molecule has 0 spiro atoms. The Morgan fingerprint density at radius 3 is 2.86 bits per heavy atom. The molecule has 1 aromatic rings. The number of hydrogen-bond donors (Lipinski definition) is 1. The summed E-state index contributed by atoms with van der Waals surface area (Å²) >= 11 is 3.75. The van der Waals surface area contributed by atoms with Gasteiger partial charge in [-0.1, -0.05) is 0 Å². The van der Waals surface area contributed by atoms with E-state index in [0.717, 1.165) is 7.76 Å². The first-order valence-electron chi connectivity index (χ1n) is 6.79. The van der Waals surface area contributed by atoms with Crippen LogP contribution in [0, 0.1) is 2.88 Å². The number of ether oxygens (including phenoxy) is 2. The highest BCUT2D eigenvalue weighted by Crippen LogP contribution is 2.29. The molecule has 1 fully saturated rings. The zero-order valence-corrected chi connectivity index (χ0v) is 15.3. The van der Waals surface area contributed by atoms with E-state index in [1.54, 1.807) is 4.90 Å². The third-order valence-corrected chi connectivity index (χ3v) is 4.95. The molecule has 2 unspecified atom stereocenters. The molecule has 1 saturated heterocycles. The van der Waals surface area contributed by atoms with Gasteiger partial charge >= 0.3 is 6.09 Å². The monoisotopic (exact) mass is 425 g/mol. The van der Waals surface area contributed by atoms with Crippen LogP contribution >= 0.6 is 33.9 Å². The predicted molar refractivity (Wildman–Crippen MR) is 89.5 cm³/mol. The number of amides is 1. The number of halogens is 1. The predicted octanol–water partition coefficient (Wildman–Crippen LogP) is 3.02. The molecule has 1 aliphatic rings. The summed E-state index contributed by atoms with van der Waals surface area (Å²) in [5.41, 5.74) is -0.520. The highest BCUT2D eigenvalue weighted by atomic mass is 127. The summed E-state index contributed by atoms with van der Waals surface area (Å²) in [5.74, 6) is 0. The van der Waals surface area contributed by atoms with E-state index in [-0.39, 0.29) is 6.09 Å². The number of morpholine rings is 1. The van der Waals surface area contributed by atoms with Crippen LogP contribution in [0.1, 0.15) is 31.8 Å². The summed E-state index contributed by atoms with van der Waals surface area (Å²) in [7, 11) is 0. The van der Waals surface area contributed by atoms with Crippen LogP contribution in [0.15, 0.2) is 12.1 Å². The summed E-state index contributed by atoms with van der Waals surface area (Å²) < 4.78 is 12.1. The average Bonchev–Trinajstić information content (AvgIpc) is 2.83. The second-order valence-corrected chi connectivity index (χ2v) is 8.93. The maximum Gasteiger partial charge on any atom is 0.410 e. The molecule has 21 heavy (non-hydrogen) atoms. The number of nitrogens with zero attached hydrogens (tertiary/aromatic N) is 1. The van der Waals surface area contributed by atoms with Gasteiger partial charge in [0, 0.05) is 11.4 Å². The topological polar surface area (TPSA) is 59.0 Å². The summed E-state index contributed by atoms with van der Waals surface area (Å²) in [4.78, 5) is 14.5. The standard InChI is InChI=1S/C14H20INO4S/c1-14(2,3)20-13(18)16-6-7-19-9(8-16)12(17)10-4-5-11(15)21-10/h4-5,9,12,17H,6-8H2,1-3H3. The van der Waals surface area contributed by atoms with E-state index in [1.807, 2.05) is 32.9 Å². The fraction of sp³-hybridized carbons (Fsp3) is 0.643. The van der Waals surface area contributed by atoms with E-state index in [4.69, 9.17) is 9.47 Å². The van der Waals surface area contributed by atoms with Gasteiger partial charge in [0.05, 0.1) is 16.0 Å². The van der Waals surface area contributed by atoms with Gasteiger partial charge in [-0.05, 0) is 55.5 Å². The molecule has 1 amide bonds. The summed E-state index contributed by atoms with van der Waals surface area (Å²) in [5, 5.41) is 10.4. The van der Waals surface area contributed by atoms with Crippen molar-refractivity contribution in [3.8, 4) is 0 Å². The molecule has 1 N–H and O–H groups in total. The Kier molecular flexibility index (Phi) is 5.50. The molecule has 7 heteroatoms. The van der Waals surface area contributed by atoms with Crippen LogP contribution in [-0.4, -0.2) is 47.5 Å².